The van der Waals surface area contributed by atoms with Gasteiger partial charge in [-0.2, -0.15) is 5.10 Å². The normalized spacial score (nSPS) is 13.3. The van der Waals surface area contributed by atoms with E-state index in [1.54, 1.807) is 0 Å². The second kappa shape index (κ2) is 4.96. The molecule has 0 fully saturated rings. The summed E-state index contributed by atoms with van der Waals surface area (Å²) >= 11 is 0. The fourth-order valence-electron chi connectivity index (χ4n) is 1.74. The molecule has 0 amide bonds. The van der Waals surface area contributed by atoms with E-state index in [1.807, 2.05) is 32.5 Å². The van der Waals surface area contributed by atoms with Gasteiger partial charge in [-0.05, 0) is 13.3 Å². The Labute approximate surface area is 97.1 Å². The van der Waals surface area contributed by atoms with Crippen LogP contribution in [0.1, 0.15) is 39.1 Å². The molecule has 16 heavy (non-hydrogen) atoms. The lowest BCUT2D eigenvalue weighted by molar-refractivity contribution is 0.715. The van der Waals surface area contributed by atoms with Crippen LogP contribution in [0, 0.1) is 0 Å². The third-order valence-corrected chi connectivity index (χ3v) is 2.37. The second-order valence-corrected chi connectivity index (χ2v) is 3.42. The van der Waals surface area contributed by atoms with E-state index >= 15 is 0 Å². The third-order valence-electron chi connectivity index (χ3n) is 2.37. The molecule has 1 aromatic rings. The van der Waals surface area contributed by atoms with Gasteiger partial charge in [-0.25, -0.2) is 4.99 Å². The zero-order valence-electron chi connectivity index (χ0n) is 10.8. The molecular weight excluding hydrogens is 200 g/mol. The molecule has 4 heteroatoms. The number of fused-ring (bicyclic) bond motifs is 1. The first-order valence-corrected chi connectivity index (χ1v) is 5.71. The van der Waals surface area contributed by atoms with Gasteiger partial charge >= 0.3 is 0 Å². The maximum absolute atomic E-state index is 4.45. The Kier molecular flexibility index (Phi) is 3.88. The van der Waals surface area contributed by atoms with Crippen LogP contribution in [-0.2, 0) is 13.5 Å². The summed E-state index contributed by atoms with van der Waals surface area (Å²) in [6.45, 7) is 12.0. The maximum atomic E-state index is 4.45. The van der Waals surface area contributed by atoms with Crippen molar-refractivity contribution < 1.29 is 0 Å². The van der Waals surface area contributed by atoms with Crippen LogP contribution in [-0.4, -0.2) is 15.6 Å². The molecule has 0 unspecified atom stereocenters. The largest absolute Gasteiger partial charge is 0.343 e. The zero-order chi connectivity index (χ0) is 12.3. The summed E-state index contributed by atoms with van der Waals surface area (Å²) in [7, 11) is 1.94. The lowest BCUT2D eigenvalue weighted by Crippen LogP contribution is -2.21. The van der Waals surface area contributed by atoms with E-state index in [-0.39, 0.29) is 0 Å². The molecule has 0 saturated heterocycles. The molecule has 0 radical (unpaired) electrons. The van der Waals surface area contributed by atoms with Crippen molar-refractivity contribution in [1.82, 2.24) is 15.1 Å². The summed E-state index contributed by atoms with van der Waals surface area (Å²) in [6, 6.07) is 0. The van der Waals surface area contributed by atoms with Crippen LogP contribution in [0.25, 0.3) is 5.70 Å². The first-order valence-electron chi connectivity index (χ1n) is 5.71. The molecule has 2 rings (SSSR count). The van der Waals surface area contributed by atoms with Gasteiger partial charge in [0.05, 0.1) is 11.4 Å². The van der Waals surface area contributed by atoms with E-state index in [2.05, 4.69) is 28.9 Å². The molecule has 0 saturated carbocycles. The Bertz CT molecular complexity index is 426. The summed E-state index contributed by atoms with van der Waals surface area (Å²) in [4.78, 5) is 4.45. The van der Waals surface area contributed by atoms with Crippen LogP contribution in [0.2, 0.25) is 0 Å². The second-order valence-electron chi connectivity index (χ2n) is 3.42. The van der Waals surface area contributed by atoms with Gasteiger partial charge in [0.2, 0.25) is 0 Å². The Balaban J connectivity index is 0.000000606. The number of rotatable bonds is 1. The summed E-state index contributed by atoms with van der Waals surface area (Å²) < 4.78 is 1.87. The molecule has 0 atom stereocenters. The average molecular weight is 220 g/mol. The summed E-state index contributed by atoms with van der Waals surface area (Å²) in [5.41, 5.74) is 3.83. The fraction of sp³-hybridized carbons (Fsp3) is 0.500. The Morgan fingerprint density at radius 1 is 1.38 bits per heavy atom. The van der Waals surface area contributed by atoms with Gasteiger partial charge in [0.15, 0.2) is 0 Å². The van der Waals surface area contributed by atoms with Gasteiger partial charge in [-0.3, -0.25) is 4.68 Å². The topological polar surface area (TPSA) is 42.2 Å². The minimum atomic E-state index is 0.836. The molecule has 0 spiro atoms. The number of nitrogens with one attached hydrogen (secondary N) is 1. The van der Waals surface area contributed by atoms with E-state index in [9.17, 15) is 0 Å². The van der Waals surface area contributed by atoms with Crippen LogP contribution in [0.15, 0.2) is 11.6 Å². The smallest absolute Gasteiger partial charge is 0.134 e. The monoisotopic (exact) mass is 220 g/mol. The molecular formula is C12H20N4. The molecule has 4 nitrogen and oxygen atoms in total. The van der Waals surface area contributed by atoms with Crippen LogP contribution in [0.3, 0.4) is 0 Å². The fourth-order valence-corrected chi connectivity index (χ4v) is 1.74. The highest BCUT2D eigenvalue weighted by molar-refractivity contribution is 5.95. The number of aryl methyl sites for hydroxylation is 1. The predicted molar refractivity (Wildman–Crippen MR) is 68.9 cm³/mol. The first-order chi connectivity index (χ1) is 7.63. The molecule has 1 aromatic heterocycles. The highest BCUT2D eigenvalue weighted by Crippen LogP contribution is 2.30. The van der Waals surface area contributed by atoms with Crippen LogP contribution in [0.4, 0.5) is 5.69 Å². The molecule has 1 N–H and O–H groups in total. The Morgan fingerprint density at radius 3 is 2.56 bits per heavy atom. The summed E-state index contributed by atoms with van der Waals surface area (Å²) in [6.07, 6.45) is 0.933. The summed E-state index contributed by atoms with van der Waals surface area (Å²) in [5, 5.41) is 7.46. The third kappa shape index (κ3) is 2.01. The van der Waals surface area contributed by atoms with Crippen molar-refractivity contribution in [3.8, 4) is 0 Å². The van der Waals surface area contributed by atoms with Crippen LogP contribution in [0.5, 0.6) is 0 Å². The number of nitrogens with zero attached hydrogens (tertiary/aromatic N) is 3. The number of amidine groups is 1. The van der Waals surface area contributed by atoms with Crippen molar-refractivity contribution in [1.29, 1.82) is 0 Å². The van der Waals surface area contributed by atoms with E-state index in [0.717, 1.165) is 35.0 Å². The highest BCUT2D eigenvalue weighted by Gasteiger charge is 2.20. The lowest BCUT2D eigenvalue weighted by Gasteiger charge is -2.13. The standard InChI is InChI=1S/C10H14N4.C2H6/c1-5-8-10-9(13-14(8)4)6(2)11-7(3)12-10;1-2/h2,5H2,1,3-4H3,(H,11,12);1-2H3. The minimum Gasteiger partial charge on any atom is -0.343 e. The van der Waals surface area contributed by atoms with Gasteiger partial charge in [0.25, 0.3) is 0 Å². The molecule has 1 aliphatic heterocycles. The van der Waals surface area contributed by atoms with Gasteiger partial charge in [0, 0.05) is 7.05 Å². The maximum Gasteiger partial charge on any atom is 0.134 e. The minimum absolute atomic E-state index is 0.836. The zero-order valence-corrected chi connectivity index (χ0v) is 10.8. The van der Waals surface area contributed by atoms with Crippen molar-refractivity contribution in [3.63, 3.8) is 0 Å². The van der Waals surface area contributed by atoms with Gasteiger partial charge in [-0.1, -0.05) is 27.4 Å². The lowest BCUT2D eigenvalue weighted by atomic mass is 10.2. The molecule has 2 heterocycles. The average Bonchev–Trinajstić information content (AvgIpc) is 2.57. The van der Waals surface area contributed by atoms with Crippen molar-refractivity contribution >= 4 is 17.2 Å². The van der Waals surface area contributed by atoms with E-state index in [1.165, 1.54) is 0 Å². The molecule has 0 bridgehead atoms. The number of aliphatic imine (C=N–C) groups is 1. The molecule has 0 aliphatic carbocycles. The van der Waals surface area contributed by atoms with E-state index < -0.39 is 0 Å². The Morgan fingerprint density at radius 2 is 2.00 bits per heavy atom. The van der Waals surface area contributed by atoms with E-state index in [0.29, 0.717) is 0 Å². The van der Waals surface area contributed by atoms with Gasteiger partial charge in [-0.15, -0.1) is 0 Å². The van der Waals surface area contributed by atoms with Crippen molar-refractivity contribution in [2.75, 3.05) is 0 Å². The van der Waals surface area contributed by atoms with Gasteiger partial charge < -0.3 is 5.32 Å². The van der Waals surface area contributed by atoms with Crippen molar-refractivity contribution in [2.45, 2.75) is 34.1 Å². The number of aromatic nitrogens is 2. The van der Waals surface area contributed by atoms with Gasteiger partial charge in [0.1, 0.15) is 17.2 Å². The predicted octanol–water partition coefficient (Wildman–Crippen LogP) is 2.63. The van der Waals surface area contributed by atoms with Crippen LogP contribution < -0.4 is 5.32 Å². The quantitative estimate of drug-likeness (QED) is 0.790. The SMILES string of the molecule is C=C1NC(C)=Nc2c1nn(C)c2CC.CC. The van der Waals surface area contributed by atoms with E-state index in [4.69, 9.17) is 0 Å². The summed E-state index contributed by atoms with van der Waals surface area (Å²) in [5.74, 6) is 0.880. The first kappa shape index (κ1) is 12.5. The Hall–Kier alpha value is -1.58. The molecule has 0 aromatic carbocycles. The van der Waals surface area contributed by atoms with Crippen molar-refractivity contribution in [2.24, 2.45) is 12.0 Å². The number of hydrogen-bond donors (Lipinski definition) is 1. The van der Waals surface area contributed by atoms with Crippen LogP contribution >= 0.6 is 0 Å². The molecule has 88 valence electrons. The number of hydrogen-bond acceptors (Lipinski definition) is 3. The highest BCUT2D eigenvalue weighted by atomic mass is 15.3. The molecule has 1 aliphatic rings. The van der Waals surface area contributed by atoms with Crippen molar-refractivity contribution in [3.05, 3.63) is 18.0 Å².